The van der Waals surface area contributed by atoms with Crippen LogP contribution >= 0.6 is 0 Å². The van der Waals surface area contributed by atoms with E-state index >= 15 is 4.39 Å². The summed E-state index contributed by atoms with van der Waals surface area (Å²) in [4.78, 5) is 25.8. The van der Waals surface area contributed by atoms with Gasteiger partial charge in [-0.25, -0.2) is 9.18 Å². The maximum absolute atomic E-state index is 15.8. The molecule has 7 nitrogen and oxygen atoms in total. The number of hydrogen-bond acceptors (Lipinski definition) is 5. The van der Waals surface area contributed by atoms with Gasteiger partial charge < -0.3 is 14.6 Å². The molecule has 0 spiro atoms. The summed E-state index contributed by atoms with van der Waals surface area (Å²) >= 11 is 0. The molecule has 25 heavy (non-hydrogen) atoms. The van der Waals surface area contributed by atoms with E-state index in [1.165, 1.54) is 13.1 Å². The van der Waals surface area contributed by atoms with E-state index in [2.05, 4.69) is 4.98 Å². The quantitative estimate of drug-likeness (QED) is 0.750. The summed E-state index contributed by atoms with van der Waals surface area (Å²) in [5.74, 6) is 0. The van der Waals surface area contributed by atoms with Crippen LogP contribution in [0.2, 0.25) is 13.1 Å². The Labute approximate surface area is 147 Å². The van der Waals surface area contributed by atoms with Gasteiger partial charge in [0.05, 0.1) is 12.2 Å². The minimum atomic E-state index is -2.22. The molecule has 9 heteroatoms. The number of aliphatic hydroxyl groups excluding tert-OH is 1. The number of alkyl halides is 1. The topological polar surface area (TPSA) is 93.6 Å². The number of rotatable bonds is 4. The number of halogens is 1. The molecule has 0 aliphatic carbocycles. The first-order chi connectivity index (χ1) is 11.3. The average molecular weight is 374 g/mol. The van der Waals surface area contributed by atoms with Crippen LogP contribution in [0.25, 0.3) is 0 Å². The van der Waals surface area contributed by atoms with E-state index in [4.69, 9.17) is 9.47 Å². The van der Waals surface area contributed by atoms with Crippen LogP contribution in [0.1, 0.15) is 27.7 Å². The van der Waals surface area contributed by atoms with Crippen molar-refractivity contribution >= 4 is 8.80 Å². The minimum Gasteiger partial charge on any atom is -0.387 e. The molecule has 0 bridgehead atoms. The molecule has 1 saturated heterocycles. The van der Waals surface area contributed by atoms with Gasteiger partial charge in [0.1, 0.15) is 21.0 Å². The minimum absolute atomic E-state index is 0.00878. The molecule has 1 aliphatic heterocycles. The second kappa shape index (κ2) is 6.46. The Morgan fingerprint density at radius 3 is 2.52 bits per heavy atom. The highest BCUT2D eigenvalue weighted by atomic mass is 28.3. The molecule has 1 aromatic heterocycles. The number of hydrogen-bond donors (Lipinski definition) is 2. The highest BCUT2D eigenvalue weighted by Crippen LogP contribution is 2.47. The normalized spacial score (nSPS) is 33.2. The average Bonchev–Trinajstić information content (AvgIpc) is 2.65. The number of aromatic amines is 1. The van der Waals surface area contributed by atoms with Gasteiger partial charge in [0.15, 0.2) is 11.0 Å². The van der Waals surface area contributed by atoms with Crippen LogP contribution < -0.4 is 11.2 Å². The molecule has 2 heterocycles. The van der Waals surface area contributed by atoms with E-state index in [0.717, 1.165) is 10.6 Å². The van der Waals surface area contributed by atoms with Gasteiger partial charge in [-0.1, -0.05) is 13.1 Å². The van der Waals surface area contributed by atoms with Gasteiger partial charge >= 0.3 is 5.69 Å². The summed E-state index contributed by atoms with van der Waals surface area (Å²) in [5, 5.41) is 8.92. The smallest absolute Gasteiger partial charge is 0.330 e. The maximum Gasteiger partial charge on any atom is 0.330 e. The van der Waals surface area contributed by atoms with Crippen LogP contribution in [-0.2, 0) is 14.8 Å². The summed E-state index contributed by atoms with van der Waals surface area (Å²) in [6.45, 7) is 10.4. The molecule has 2 N–H and O–H groups in total. The largest absolute Gasteiger partial charge is 0.387 e. The van der Waals surface area contributed by atoms with E-state index in [1.807, 2.05) is 33.9 Å². The Hall–Kier alpha value is -1.29. The Morgan fingerprint density at radius 2 is 2.04 bits per heavy atom. The third-order valence-corrected chi connectivity index (χ3v) is 7.13. The zero-order valence-electron chi connectivity index (χ0n) is 15.5. The second-order valence-corrected chi connectivity index (χ2v) is 11.0. The van der Waals surface area contributed by atoms with Gasteiger partial charge in [0.25, 0.3) is 5.56 Å². The number of aromatic nitrogens is 2. The van der Waals surface area contributed by atoms with Crippen LogP contribution in [0.5, 0.6) is 0 Å². The molecule has 0 radical (unpaired) electrons. The van der Waals surface area contributed by atoms with Crippen LogP contribution in [-0.4, -0.2) is 53.5 Å². The summed E-state index contributed by atoms with van der Waals surface area (Å²) in [5.41, 5.74) is -4.04. The lowest BCUT2D eigenvalue weighted by Crippen LogP contribution is -2.62. The van der Waals surface area contributed by atoms with Crippen molar-refractivity contribution < 1.29 is 19.0 Å². The monoisotopic (exact) mass is 374 g/mol. The molecule has 0 unspecified atom stereocenters. The van der Waals surface area contributed by atoms with Gasteiger partial charge in [-0.3, -0.25) is 14.3 Å². The highest BCUT2D eigenvalue weighted by molar-refractivity contribution is 6.58. The lowest BCUT2D eigenvalue weighted by Gasteiger charge is -2.41. The molecule has 0 amide bonds. The SMILES string of the molecule is C[SiH](C)[C@@]1(n2ccc(=O)[nH]c2=O)O[C@H](COC(C)(C)C)[C@@H](O)[C@]1(C)F. The molecule has 142 valence electrons. The molecule has 0 saturated carbocycles. The predicted octanol–water partition coefficient (Wildman–Crippen LogP) is 0.518. The van der Waals surface area contributed by atoms with Crippen molar-refractivity contribution in [2.75, 3.05) is 6.61 Å². The molecule has 1 fully saturated rings. The fraction of sp³-hybridized carbons (Fsp3) is 0.750. The molecule has 0 aromatic carbocycles. The Kier molecular flexibility index (Phi) is 5.17. The van der Waals surface area contributed by atoms with Crippen molar-refractivity contribution in [3.8, 4) is 0 Å². The van der Waals surface area contributed by atoms with Crippen molar-refractivity contribution in [3.63, 3.8) is 0 Å². The summed E-state index contributed by atoms with van der Waals surface area (Å²) in [6, 6.07) is 1.14. The standard InChI is InChI=1S/C16H27FN2O5Si/c1-14(2,3)23-9-10-12(21)15(4,17)16(24-10,25(5)6)19-8-7-11(20)18-13(19)22/h7-8,10,12,21,25H,9H2,1-6H3,(H,18,20,22)/t10-,12-,15+,16+/m1/s1. The van der Waals surface area contributed by atoms with Crippen LogP contribution in [0.15, 0.2) is 21.9 Å². The van der Waals surface area contributed by atoms with E-state index in [-0.39, 0.29) is 6.61 Å². The summed E-state index contributed by atoms with van der Waals surface area (Å²) in [6.07, 6.45) is -1.17. The number of H-pyrrole nitrogens is 1. The van der Waals surface area contributed by atoms with E-state index < -0.39 is 48.9 Å². The number of aliphatic hydroxyl groups is 1. The second-order valence-electron chi connectivity index (χ2n) is 7.93. The predicted molar refractivity (Wildman–Crippen MR) is 94.3 cm³/mol. The van der Waals surface area contributed by atoms with Gasteiger partial charge in [-0.05, 0) is 27.7 Å². The van der Waals surface area contributed by atoms with Crippen LogP contribution in [0.3, 0.4) is 0 Å². The summed E-state index contributed by atoms with van der Waals surface area (Å²) in [7, 11) is -2.07. The van der Waals surface area contributed by atoms with Crippen molar-refractivity contribution in [1.82, 2.24) is 9.55 Å². The highest BCUT2D eigenvalue weighted by Gasteiger charge is 2.67. The zero-order valence-corrected chi connectivity index (χ0v) is 16.7. The molecule has 4 atom stereocenters. The van der Waals surface area contributed by atoms with Gasteiger partial charge in [-0.2, -0.15) is 0 Å². The first-order valence-corrected chi connectivity index (χ1v) is 11.2. The van der Waals surface area contributed by atoms with Crippen LogP contribution in [0.4, 0.5) is 4.39 Å². The van der Waals surface area contributed by atoms with Crippen molar-refractivity contribution in [3.05, 3.63) is 33.1 Å². The lowest BCUT2D eigenvalue weighted by atomic mass is 9.98. The summed E-state index contributed by atoms with van der Waals surface area (Å²) < 4.78 is 28.5. The Morgan fingerprint density at radius 1 is 1.44 bits per heavy atom. The van der Waals surface area contributed by atoms with Gasteiger partial charge in [-0.15, -0.1) is 0 Å². The molecule has 1 aliphatic rings. The Balaban J connectivity index is 2.53. The third-order valence-electron chi connectivity index (χ3n) is 4.58. The lowest BCUT2D eigenvalue weighted by molar-refractivity contribution is -0.125. The fourth-order valence-corrected chi connectivity index (χ4v) is 5.88. The van der Waals surface area contributed by atoms with Crippen molar-refractivity contribution in [2.45, 2.75) is 69.6 Å². The molecule has 1 aromatic rings. The van der Waals surface area contributed by atoms with Crippen molar-refractivity contribution in [2.24, 2.45) is 0 Å². The van der Waals surface area contributed by atoms with Crippen LogP contribution in [0, 0.1) is 0 Å². The number of ether oxygens (including phenoxy) is 2. The van der Waals surface area contributed by atoms with E-state index in [9.17, 15) is 14.7 Å². The fourth-order valence-electron chi connectivity index (χ4n) is 3.38. The van der Waals surface area contributed by atoms with E-state index in [0.29, 0.717) is 0 Å². The number of nitrogens with one attached hydrogen (secondary N) is 1. The van der Waals surface area contributed by atoms with E-state index in [1.54, 1.807) is 0 Å². The first kappa shape index (κ1) is 20.0. The van der Waals surface area contributed by atoms with Gasteiger partial charge in [0.2, 0.25) is 0 Å². The molecule has 2 rings (SSSR count). The van der Waals surface area contributed by atoms with Gasteiger partial charge in [0, 0.05) is 12.3 Å². The molecular formula is C16H27FN2O5Si. The zero-order chi connectivity index (χ0) is 19.2. The Bertz CT molecular complexity index is 739. The third kappa shape index (κ3) is 3.38. The molecular weight excluding hydrogens is 347 g/mol. The number of nitrogens with zero attached hydrogens (tertiary/aromatic N) is 1. The van der Waals surface area contributed by atoms with Crippen molar-refractivity contribution in [1.29, 1.82) is 0 Å². The maximum atomic E-state index is 15.8. The first-order valence-electron chi connectivity index (χ1n) is 8.34.